The van der Waals surface area contributed by atoms with E-state index in [4.69, 9.17) is 28.5 Å². The number of nitrogens with zero attached hydrogens (tertiary/aromatic N) is 2. The van der Waals surface area contributed by atoms with E-state index in [1.165, 1.54) is 11.8 Å². The van der Waals surface area contributed by atoms with Crippen LogP contribution in [0.3, 0.4) is 0 Å². The van der Waals surface area contributed by atoms with Crippen LogP contribution in [0.4, 0.5) is 0 Å². The number of rotatable bonds is 4. The third-order valence-electron chi connectivity index (χ3n) is 2.94. The Kier molecular flexibility index (Phi) is 5.49. The zero-order chi connectivity index (χ0) is 15.4. The summed E-state index contributed by atoms with van der Waals surface area (Å²) in [6.07, 6.45) is 0.897. The summed E-state index contributed by atoms with van der Waals surface area (Å²) in [7, 11) is 0. The van der Waals surface area contributed by atoms with E-state index in [0.29, 0.717) is 32.0 Å². The van der Waals surface area contributed by atoms with Gasteiger partial charge in [0.05, 0.1) is 11.7 Å². The van der Waals surface area contributed by atoms with E-state index < -0.39 is 6.10 Å². The van der Waals surface area contributed by atoms with Crippen molar-refractivity contribution in [2.24, 2.45) is 0 Å². The number of aliphatic hydroxyl groups is 1. The van der Waals surface area contributed by atoms with Gasteiger partial charge in [0.15, 0.2) is 0 Å². The van der Waals surface area contributed by atoms with Crippen molar-refractivity contribution in [1.29, 1.82) is 5.26 Å². The van der Waals surface area contributed by atoms with E-state index >= 15 is 0 Å². The zero-order valence-electron chi connectivity index (χ0n) is 11.2. The number of nitriles is 1. The zero-order valence-corrected chi connectivity index (χ0v) is 13.5. The van der Waals surface area contributed by atoms with Gasteiger partial charge in [-0.3, -0.25) is 0 Å². The van der Waals surface area contributed by atoms with E-state index in [1.807, 2.05) is 6.92 Å². The molecule has 1 aromatic carbocycles. The van der Waals surface area contributed by atoms with Crippen LogP contribution in [0.5, 0.6) is 0 Å². The monoisotopic (exact) mass is 338 g/mol. The molecule has 0 aliphatic carbocycles. The van der Waals surface area contributed by atoms with Gasteiger partial charge in [-0.1, -0.05) is 29.3 Å². The van der Waals surface area contributed by atoms with Gasteiger partial charge in [-0.25, -0.2) is 4.98 Å². The topological polar surface area (TPSA) is 56.9 Å². The minimum Gasteiger partial charge on any atom is -0.387 e. The fourth-order valence-corrected chi connectivity index (χ4v) is 3.31. The molecule has 0 saturated heterocycles. The molecular weight excluding hydrogens is 327 g/mol. The Morgan fingerprint density at radius 2 is 2.14 bits per heavy atom. The van der Waals surface area contributed by atoms with Gasteiger partial charge in [0, 0.05) is 27.6 Å². The van der Waals surface area contributed by atoms with E-state index in [9.17, 15) is 5.11 Å². The lowest BCUT2D eigenvalue weighted by Crippen LogP contribution is -2.02. The molecule has 0 aliphatic rings. The van der Waals surface area contributed by atoms with Crippen LogP contribution in [0.15, 0.2) is 35.5 Å². The third-order valence-corrected chi connectivity index (χ3v) is 4.56. The van der Waals surface area contributed by atoms with E-state index in [-0.39, 0.29) is 0 Å². The molecule has 0 unspecified atom stereocenters. The van der Waals surface area contributed by atoms with Crippen molar-refractivity contribution >= 4 is 35.0 Å². The lowest BCUT2D eigenvalue weighted by Gasteiger charge is -2.13. The van der Waals surface area contributed by atoms with Crippen molar-refractivity contribution in [3.05, 3.63) is 57.2 Å². The first-order chi connectivity index (χ1) is 10.0. The highest BCUT2D eigenvalue weighted by Crippen LogP contribution is 2.31. The Labute approximate surface area is 137 Å². The Morgan fingerprint density at radius 1 is 1.38 bits per heavy atom. The summed E-state index contributed by atoms with van der Waals surface area (Å²) in [6, 6.07) is 8.90. The molecule has 0 fully saturated rings. The number of aromatic nitrogens is 1. The molecule has 2 aromatic rings. The molecule has 3 nitrogen and oxygen atoms in total. The van der Waals surface area contributed by atoms with Crippen LogP contribution in [-0.4, -0.2) is 15.8 Å². The molecule has 1 atom stereocenters. The van der Waals surface area contributed by atoms with Gasteiger partial charge in [0.25, 0.3) is 0 Å². The first-order valence-corrected chi connectivity index (χ1v) is 7.88. The Balaban J connectivity index is 2.13. The van der Waals surface area contributed by atoms with Crippen molar-refractivity contribution in [2.45, 2.75) is 18.1 Å². The van der Waals surface area contributed by atoms with Gasteiger partial charge in [0.1, 0.15) is 11.1 Å². The first kappa shape index (κ1) is 16.1. The molecule has 0 bridgehead atoms. The molecule has 0 radical (unpaired) electrons. The number of halogens is 2. The maximum absolute atomic E-state index is 10.2. The van der Waals surface area contributed by atoms with Crippen molar-refractivity contribution in [1.82, 2.24) is 4.98 Å². The molecule has 2 rings (SSSR count). The number of aliphatic hydroxyl groups excluding tert-OH is 1. The number of benzene rings is 1. The Morgan fingerprint density at radius 3 is 2.81 bits per heavy atom. The van der Waals surface area contributed by atoms with Crippen LogP contribution >= 0.6 is 35.0 Å². The predicted octanol–water partition coefficient (Wildman–Crippen LogP) is 4.39. The molecule has 0 aliphatic heterocycles. The number of pyridine rings is 1. The summed E-state index contributed by atoms with van der Waals surface area (Å²) >= 11 is 13.2. The smallest absolute Gasteiger partial charge is 0.114 e. The first-order valence-electron chi connectivity index (χ1n) is 6.14. The van der Waals surface area contributed by atoms with Gasteiger partial charge in [-0.05, 0) is 30.7 Å². The van der Waals surface area contributed by atoms with Gasteiger partial charge in [0.2, 0.25) is 0 Å². The molecule has 108 valence electrons. The molecular formula is C15H12Cl2N2OS. The molecule has 0 amide bonds. The maximum atomic E-state index is 10.2. The molecule has 1 aromatic heterocycles. The highest BCUT2D eigenvalue weighted by atomic mass is 35.5. The quantitative estimate of drug-likeness (QED) is 0.839. The van der Waals surface area contributed by atoms with Crippen molar-refractivity contribution in [3.63, 3.8) is 0 Å². The van der Waals surface area contributed by atoms with Crippen LogP contribution in [0.1, 0.15) is 22.8 Å². The van der Waals surface area contributed by atoms with Crippen molar-refractivity contribution in [2.75, 3.05) is 5.75 Å². The molecule has 6 heteroatoms. The average molecular weight is 339 g/mol. The minimum absolute atomic E-state index is 0.354. The summed E-state index contributed by atoms with van der Waals surface area (Å²) in [5.74, 6) is 0.354. The van der Waals surface area contributed by atoms with Gasteiger partial charge in [-0.15, -0.1) is 11.8 Å². The number of hydrogen-bond acceptors (Lipinski definition) is 4. The van der Waals surface area contributed by atoms with Crippen LogP contribution < -0.4 is 0 Å². The van der Waals surface area contributed by atoms with Gasteiger partial charge < -0.3 is 5.11 Å². The van der Waals surface area contributed by atoms with Crippen LogP contribution in [0.2, 0.25) is 10.0 Å². The Hall–Kier alpha value is -1.25. The third kappa shape index (κ3) is 3.90. The Bertz CT molecular complexity index is 701. The molecule has 0 spiro atoms. The van der Waals surface area contributed by atoms with Crippen molar-refractivity contribution in [3.8, 4) is 6.07 Å². The maximum Gasteiger partial charge on any atom is 0.114 e. The minimum atomic E-state index is -0.756. The summed E-state index contributed by atoms with van der Waals surface area (Å²) < 4.78 is 0. The SMILES string of the molecule is Cc1ccnc(SC[C@@H](O)c2ccc(Cl)cc2Cl)c1C#N. The normalized spacial score (nSPS) is 12.0. The second-order valence-corrected chi connectivity index (χ2v) is 6.26. The molecule has 0 saturated carbocycles. The summed E-state index contributed by atoms with van der Waals surface area (Å²) in [5, 5.41) is 20.9. The second kappa shape index (κ2) is 7.15. The van der Waals surface area contributed by atoms with E-state index in [1.54, 1.807) is 30.5 Å². The highest BCUT2D eigenvalue weighted by molar-refractivity contribution is 7.99. The van der Waals surface area contributed by atoms with Crippen LogP contribution in [0, 0.1) is 18.3 Å². The standard InChI is InChI=1S/C15H12Cl2N2OS/c1-9-4-5-19-15(12(9)7-18)21-8-14(20)11-3-2-10(16)6-13(11)17/h2-6,14,20H,8H2,1H3/t14-/m1/s1. The van der Waals surface area contributed by atoms with E-state index in [2.05, 4.69) is 11.1 Å². The summed E-state index contributed by atoms with van der Waals surface area (Å²) in [6.45, 7) is 1.86. The predicted molar refractivity (Wildman–Crippen MR) is 85.8 cm³/mol. The van der Waals surface area contributed by atoms with Crippen molar-refractivity contribution < 1.29 is 5.11 Å². The number of hydrogen-bond donors (Lipinski definition) is 1. The van der Waals surface area contributed by atoms with Gasteiger partial charge >= 0.3 is 0 Å². The number of aryl methyl sites for hydroxylation is 1. The summed E-state index contributed by atoms with van der Waals surface area (Å²) in [5.41, 5.74) is 2.02. The highest BCUT2D eigenvalue weighted by Gasteiger charge is 2.15. The molecule has 1 N–H and O–H groups in total. The van der Waals surface area contributed by atoms with Crippen LogP contribution in [-0.2, 0) is 0 Å². The van der Waals surface area contributed by atoms with Gasteiger partial charge in [-0.2, -0.15) is 5.26 Å². The lowest BCUT2D eigenvalue weighted by atomic mass is 10.1. The molecule has 1 heterocycles. The van der Waals surface area contributed by atoms with Crippen LogP contribution in [0.25, 0.3) is 0 Å². The van der Waals surface area contributed by atoms with E-state index in [0.717, 1.165) is 5.56 Å². The summed E-state index contributed by atoms with van der Waals surface area (Å²) in [4.78, 5) is 4.19. The lowest BCUT2D eigenvalue weighted by molar-refractivity contribution is 0.204. The largest absolute Gasteiger partial charge is 0.387 e. The second-order valence-electron chi connectivity index (χ2n) is 4.41. The fraction of sp³-hybridized carbons (Fsp3) is 0.200. The molecule has 21 heavy (non-hydrogen) atoms. The number of thioether (sulfide) groups is 1. The fourth-order valence-electron chi connectivity index (χ4n) is 1.80. The average Bonchev–Trinajstić information content (AvgIpc) is 2.44.